The number of fused-ring (bicyclic) bond motifs is 3. The summed E-state index contributed by atoms with van der Waals surface area (Å²) in [6, 6.07) is 8.27. The maximum absolute atomic E-state index is 12.4. The molecule has 1 fully saturated rings. The Balaban J connectivity index is 1.38. The number of aryl methyl sites for hydroxylation is 1. The SMILES string of the molecule is CC(=O)N1CCc2[nH]cnc2C12CCN(Cc1nc3ccccc3n1C)CC2. The van der Waals surface area contributed by atoms with E-state index in [-0.39, 0.29) is 11.4 Å². The lowest BCUT2D eigenvalue weighted by Gasteiger charge is -2.50. The zero-order chi connectivity index (χ0) is 19.3. The summed E-state index contributed by atoms with van der Waals surface area (Å²) in [6.45, 7) is 5.15. The number of likely N-dealkylation sites (tertiary alicyclic amines) is 1. The molecule has 2 aromatic heterocycles. The molecule has 5 rings (SSSR count). The van der Waals surface area contributed by atoms with Crippen molar-refractivity contribution in [1.82, 2.24) is 29.3 Å². The molecule has 1 N–H and O–H groups in total. The van der Waals surface area contributed by atoms with Gasteiger partial charge in [0.05, 0.1) is 35.1 Å². The van der Waals surface area contributed by atoms with Crippen molar-refractivity contribution < 1.29 is 4.79 Å². The van der Waals surface area contributed by atoms with E-state index >= 15 is 0 Å². The summed E-state index contributed by atoms with van der Waals surface area (Å²) in [4.78, 5) is 29.6. The molecule has 146 valence electrons. The average molecular weight is 378 g/mol. The van der Waals surface area contributed by atoms with Crippen LogP contribution in [0.5, 0.6) is 0 Å². The van der Waals surface area contributed by atoms with Crippen molar-refractivity contribution in [3.05, 3.63) is 47.8 Å². The van der Waals surface area contributed by atoms with Gasteiger partial charge in [0, 0.05) is 45.7 Å². The topological polar surface area (TPSA) is 70.1 Å². The van der Waals surface area contributed by atoms with E-state index in [0.717, 1.165) is 62.5 Å². The first-order valence-corrected chi connectivity index (χ1v) is 10.0. The van der Waals surface area contributed by atoms with E-state index in [1.807, 2.05) is 6.07 Å². The van der Waals surface area contributed by atoms with Crippen molar-refractivity contribution in [2.75, 3.05) is 19.6 Å². The van der Waals surface area contributed by atoms with Crippen molar-refractivity contribution in [3.8, 4) is 0 Å². The molecule has 1 saturated heterocycles. The van der Waals surface area contributed by atoms with Gasteiger partial charge >= 0.3 is 0 Å². The minimum absolute atomic E-state index is 0.150. The normalized spacial score (nSPS) is 19.3. The maximum atomic E-state index is 12.4. The lowest BCUT2D eigenvalue weighted by molar-refractivity contribution is -0.139. The Hall–Kier alpha value is -2.67. The Labute approximate surface area is 164 Å². The van der Waals surface area contributed by atoms with E-state index in [1.54, 1.807) is 13.3 Å². The number of benzene rings is 1. The first kappa shape index (κ1) is 17.4. The van der Waals surface area contributed by atoms with Crippen LogP contribution in [0.15, 0.2) is 30.6 Å². The van der Waals surface area contributed by atoms with Crippen molar-refractivity contribution in [1.29, 1.82) is 0 Å². The third kappa shape index (κ3) is 2.57. The van der Waals surface area contributed by atoms with Gasteiger partial charge < -0.3 is 14.5 Å². The highest BCUT2D eigenvalue weighted by Crippen LogP contribution is 2.42. The van der Waals surface area contributed by atoms with Crippen LogP contribution in [0.2, 0.25) is 0 Å². The van der Waals surface area contributed by atoms with E-state index in [2.05, 4.69) is 49.6 Å². The number of nitrogens with one attached hydrogen (secondary N) is 1. The fourth-order valence-electron chi connectivity index (χ4n) is 5.06. The molecule has 0 atom stereocenters. The molecule has 1 amide bonds. The van der Waals surface area contributed by atoms with Gasteiger partial charge in [-0.25, -0.2) is 9.97 Å². The molecule has 2 aliphatic heterocycles. The predicted molar refractivity (Wildman–Crippen MR) is 107 cm³/mol. The van der Waals surface area contributed by atoms with Crippen LogP contribution >= 0.6 is 0 Å². The highest BCUT2D eigenvalue weighted by molar-refractivity contribution is 5.76. The van der Waals surface area contributed by atoms with Gasteiger partial charge in [-0.3, -0.25) is 9.69 Å². The molecule has 0 saturated carbocycles. The molecule has 28 heavy (non-hydrogen) atoms. The number of imidazole rings is 2. The van der Waals surface area contributed by atoms with Crippen LogP contribution in [0.1, 0.15) is 37.0 Å². The molecule has 0 unspecified atom stereocenters. The summed E-state index contributed by atoms with van der Waals surface area (Å²) in [5.41, 5.74) is 4.23. The molecule has 1 aromatic carbocycles. The number of rotatable bonds is 2. The highest BCUT2D eigenvalue weighted by Gasteiger charge is 2.47. The highest BCUT2D eigenvalue weighted by atomic mass is 16.2. The standard InChI is InChI=1S/C21H26N6O/c1-15(28)27-10-7-17-20(23-14-22-17)21(27)8-11-26(12-9-21)13-19-24-16-5-3-4-6-18(16)25(19)2/h3-6,14H,7-13H2,1-2H3,(H,22,23). The van der Waals surface area contributed by atoms with Gasteiger partial charge in [-0.15, -0.1) is 0 Å². The smallest absolute Gasteiger partial charge is 0.220 e. The monoisotopic (exact) mass is 378 g/mol. The molecule has 0 radical (unpaired) electrons. The summed E-state index contributed by atoms with van der Waals surface area (Å²) in [6.07, 6.45) is 4.46. The van der Waals surface area contributed by atoms with Crippen molar-refractivity contribution in [2.24, 2.45) is 7.05 Å². The number of hydrogen-bond acceptors (Lipinski definition) is 4. The van der Waals surface area contributed by atoms with Crippen LogP contribution in [0.4, 0.5) is 0 Å². The molecule has 0 aliphatic carbocycles. The van der Waals surface area contributed by atoms with Gasteiger partial charge in [0.1, 0.15) is 5.82 Å². The summed E-state index contributed by atoms with van der Waals surface area (Å²) in [5.74, 6) is 1.24. The number of para-hydroxylation sites is 2. The van der Waals surface area contributed by atoms with Crippen LogP contribution in [0.3, 0.4) is 0 Å². The van der Waals surface area contributed by atoms with E-state index in [0.29, 0.717) is 0 Å². The van der Waals surface area contributed by atoms with Crippen LogP contribution in [0.25, 0.3) is 11.0 Å². The second kappa shape index (κ2) is 6.44. The lowest BCUT2D eigenvalue weighted by Crippen LogP contribution is -2.57. The molecule has 4 heterocycles. The number of carbonyl (C=O) groups is 1. The fourth-order valence-corrected chi connectivity index (χ4v) is 5.06. The molecule has 3 aromatic rings. The van der Waals surface area contributed by atoms with Crippen LogP contribution in [-0.2, 0) is 30.3 Å². The van der Waals surface area contributed by atoms with E-state index in [1.165, 1.54) is 11.2 Å². The van der Waals surface area contributed by atoms with Crippen molar-refractivity contribution in [3.63, 3.8) is 0 Å². The molecule has 1 spiro atoms. The number of aromatic amines is 1. The summed E-state index contributed by atoms with van der Waals surface area (Å²) in [5, 5.41) is 0. The molecular formula is C21H26N6O. The maximum Gasteiger partial charge on any atom is 0.220 e. The second-order valence-corrected chi connectivity index (χ2v) is 8.03. The minimum atomic E-state index is -0.262. The third-order valence-corrected chi connectivity index (χ3v) is 6.57. The van der Waals surface area contributed by atoms with Gasteiger partial charge in [0.2, 0.25) is 5.91 Å². The molecular weight excluding hydrogens is 352 g/mol. The Morgan fingerprint density at radius 1 is 1.21 bits per heavy atom. The number of carbonyl (C=O) groups excluding carboxylic acids is 1. The zero-order valence-electron chi connectivity index (χ0n) is 16.5. The summed E-state index contributed by atoms with van der Waals surface area (Å²) >= 11 is 0. The van der Waals surface area contributed by atoms with Gasteiger partial charge in [-0.2, -0.15) is 0 Å². The summed E-state index contributed by atoms with van der Waals surface area (Å²) in [7, 11) is 2.09. The third-order valence-electron chi connectivity index (χ3n) is 6.57. The molecule has 7 heteroatoms. The Bertz CT molecular complexity index is 1030. The predicted octanol–water partition coefficient (Wildman–Crippen LogP) is 2.19. The van der Waals surface area contributed by atoms with E-state index < -0.39 is 0 Å². The summed E-state index contributed by atoms with van der Waals surface area (Å²) < 4.78 is 2.19. The van der Waals surface area contributed by atoms with E-state index in [4.69, 9.17) is 4.98 Å². The van der Waals surface area contributed by atoms with Gasteiger partial charge in [-0.1, -0.05) is 12.1 Å². The fraction of sp³-hybridized carbons (Fsp3) is 0.476. The van der Waals surface area contributed by atoms with Crippen molar-refractivity contribution in [2.45, 2.75) is 38.3 Å². The largest absolute Gasteiger partial charge is 0.348 e. The minimum Gasteiger partial charge on any atom is -0.348 e. The molecule has 2 aliphatic rings. The molecule has 0 bridgehead atoms. The van der Waals surface area contributed by atoms with Gasteiger partial charge in [-0.05, 0) is 25.0 Å². The van der Waals surface area contributed by atoms with Crippen LogP contribution in [-0.4, -0.2) is 54.9 Å². The van der Waals surface area contributed by atoms with Crippen molar-refractivity contribution >= 4 is 16.9 Å². The van der Waals surface area contributed by atoms with Crippen LogP contribution < -0.4 is 0 Å². The second-order valence-electron chi connectivity index (χ2n) is 8.03. The number of nitrogens with zero attached hydrogens (tertiary/aromatic N) is 5. The molecule has 7 nitrogen and oxygen atoms in total. The Kier molecular flexibility index (Phi) is 4.01. The quantitative estimate of drug-likeness (QED) is 0.742. The lowest BCUT2D eigenvalue weighted by atomic mass is 9.78. The van der Waals surface area contributed by atoms with Crippen LogP contribution in [0, 0.1) is 0 Å². The Morgan fingerprint density at radius 3 is 2.75 bits per heavy atom. The number of aromatic nitrogens is 4. The average Bonchev–Trinajstić information content (AvgIpc) is 3.30. The number of hydrogen-bond donors (Lipinski definition) is 1. The first-order chi connectivity index (χ1) is 13.6. The zero-order valence-corrected chi connectivity index (χ0v) is 16.5. The van der Waals surface area contributed by atoms with Gasteiger partial charge in [0.25, 0.3) is 0 Å². The Morgan fingerprint density at radius 2 is 2.00 bits per heavy atom. The van der Waals surface area contributed by atoms with E-state index in [9.17, 15) is 4.79 Å². The number of piperidine rings is 1. The number of H-pyrrole nitrogens is 1. The van der Waals surface area contributed by atoms with Gasteiger partial charge in [0.15, 0.2) is 0 Å². The first-order valence-electron chi connectivity index (χ1n) is 10.0. The number of amides is 1.